The van der Waals surface area contributed by atoms with Crippen LogP contribution in [0.25, 0.3) is 0 Å². The third-order valence-corrected chi connectivity index (χ3v) is 1.56. The number of aliphatic hydroxyl groups excluding tert-OH is 1. The molecule has 0 spiro atoms. The van der Waals surface area contributed by atoms with E-state index in [2.05, 4.69) is 0 Å². The van der Waals surface area contributed by atoms with Gasteiger partial charge in [0, 0.05) is 7.11 Å². The molecule has 3 N–H and O–H groups in total. The number of hydrogen-bond donors (Lipinski definition) is 2. The Balaban J connectivity index is 2.92. The van der Waals surface area contributed by atoms with Gasteiger partial charge in [-0.05, 0) is 0 Å². The van der Waals surface area contributed by atoms with Crippen LogP contribution in [0.15, 0.2) is 0 Å². The van der Waals surface area contributed by atoms with Gasteiger partial charge in [-0.1, -0.05) is 0 Å². The summed E-state index contributed by atoms with van der Waals surface area (Å²) in [5.41, 5.74) is 5.44. The van der Waals surface area contributed by atoms with E-state index in [0.717, 1.165) is 0 Å². The normalized spacial score (nSPS) is 13.0. The molecule has 0 fully saturated rings. The molecule has 6 nitrogen and oxygen atoms in total. The Morgan fingerprint density at radius 2 is 1.53 bits per heavy atom. The Morgan fingerprint density at radius 3 is 2.07 bits per heavy atom. The lowest BCUT2D eigenvalue weighted by Crippen LogP contribution is -2.28. The largest absolute Gasteiger partial charge is 0.394 e. The van der Waals surface area contributed by atoms with Crippen molar-refractivity contribution in [3.8, 4) is 0 Å². The highest BCUT2D eigenvalue weighted by Crippen LogP contribution is 1.84. The van der Waals surface area contributed by atoms with E-state index in [-0.39, 0.29) is 12.8 Å². The summed E-state index contributed by atoms with van der Waals surface area (Å²) in [6.07, 6.45) is -0.377. The first-order chi connectivity index (χ1) is 7.31. The molecule has 0 aromatic carbocycles. The molecule has 0 aromatic heterocycles. The molecule has 0 rings (SSSR count). The van der Waals surface area contributed by atoms with E-state index in [4.69, 9.17) is 29.8 Å². The summed E-state index contributed by atoms with van der Waals surface area (Å²) < 4.78 is 20.1. The lowest BCUT2D eigenvalue weighted by Gasteiger charge is -2.10. The number of aliphatic hydroxyl groups is 1. The molecule has 0 aliphatic heterocycles. The second-order valence-corrected chi connectivity index (χ2v) is 2.80. The number of ether oxygens (including phenoxy) is 4. The molecule has 0 saturated heterocycles. The summed E-state index contributed by atoms with van der Waals surface area (Å²) in [5.74, 6) is 0. The highest BCUT2D eigenvalue weighted by atomic mass is 16.6. The minimum Gasteiger partial charge on any atom is -0.394 e. The monoisotopic (exact) mass is 223 g/mol. The van der Waals surface area contributed by atoms with Gasteiger partial charge in [0.15, 0.2) is 0 Å². The molecule has 6 heteroatoms. The standard InChI is InChI=1S/C9H21NO5/c1-12-9(10)8-15-7-6-14-5-4-13-3-2-11/h9,11H,2-8,10H2,1H3. The van der Waals surface area contributed by atoms with Crippen LogP contribution in [0.3, 0.4) is 0 Å². The van der Waals surface area contributed by atoms with Gasteiger partial charge in [0.1, 0.15) is 6.23 Å². The summed E-state index contributed by atoms with van der Waals surface area (Å²) in [4.78, 5) is 0. The molecule has 0 aromatic rings. The van der Waals surface area contributed by atoms with Crippen LogP contribution in [0.4, 0.5) is 0 Å². The van der Waals surface area contributed by atoms with Crippen molar-refractivity contribution in [3.63, 3.8) is 0 Å². The molecular weight excluding hydrogens is 202 g/mol. The second kappa shape index (κ2) is 11.8. The van der Waals surface area contributed by atoms with Gasteiger partial charge in [-0.15, -0.1) is 0 Å². The highest BCUT2D eigenvalue weighted by molar-refractivity contribution is 4.42. The zero-order valence-corrected chi connectivity index (χ0v) is 9.18. The average molecular weight is 223 g/mol. The van der Waals surface area contributed by atoms with Crippen LogP contribution in [-0.4, -0.2) is 64.7 Å². The molecule has 15 heavy (non-hydrogen) atoms. The smallest absolute Gasteiger partial charge is 0.128 e. The summed E-state index contributed by atoms with van der Waals surface area (Å²) >= 11 is 0. The van der Waals surface area contributed by atoms with Crippen LogP contribution in [0.2, 0.25) is 0 Å². The lowest BCUT2D eigenvalue weighted by molar-refractivity contribution is -0.0216. The lowest BCUT2D eigenvalue weighted by atomic mass is 10.6. The van der Waals surface area contributed by atoms with Crippen LogP contribution in [0.5, 0.6) is 0 Å². The molecule has 92 valence electrons. The maximum absolute atomic E-state index is 8.40. The van der Waals surface area contributed by atoms with Crippen LogP contribution in [0, 0.1) is 0 Å². The summed E-state index contributed by atoms with van der Waals surface area (Å²) in [7, 11) is 1.53. The Hall–Kier alpha value is -0.240. The van der Waals surface area contributed by atoms with Crippen molar-refractivity contribution in [2.75, 3.05) is 53.4 Å². The fourth-order valence-electron chi connectivity index (χ4n) is 0.772. The van der Waals surface area contributed by atoms with Crippen molar-refractivity contribution in [3.05, 3.63) is 0 Å². The average Bonchev–Trinajstić information content (AvgIpc) is 2.26. The SMILES string of the molecule is COC(N)COCCOCCOCCO. The predicted molar refractivity (Wildman–Crippen MR) is 54.5 cm³/mol. The van der Waals surface area contributed by atoms with Crippen molar-refractivity contribution >= 4 is 0 Å². The summed E-state index contributed by atoms with van der Waals surface area (Å²) in [6.45, 7) is 2.72. The van der Waals surface area contributed by atoms with Crippen molar-refractivity contribution in [1.82, 2.24) is 0 Å². The maximum atomic E-state index is 8.40. The first-order valence-corrected chi connectivity index (χ1v) is 4.93. The van der Waals surface area contributed by atoms with E-state index >= 15 is 0 Å². The third-order valence-electron chi connectivity index (χ3n) is 1.56. The van der Waals surface area contributed by atoms with Crippen LogP contribution < -0.4 is 5.73 Å². The molecule has 1 atom stereocenters. The van der Waals surface area contributed by atoms with E-state index in [0.29, 0.717) is 39.6 Å². The topological polar surface area (TPSA) is 83.2 Å². The van der Waals surface area contributed by atoms with E-state index in [1.165, 1.54) is 7.11 Å². The summed E-state index contributed by atoms with van der Waals surface area (Å²) in [5, 5.41) is 8.40. The maximum Gasteiger partial charge on any atom is 0.128 e. The predicted octanol–water partition coefficient (Wildman–Crippen LogP) is -1.04. The Morgan fingerprint density at radius 1 is 1.00 bits per heavy atom. The van der Waals surface area contributed by atoms with Gasteiger partial charge in [-0.3, -0.25) is 0 Å². The zero-order chi connectivity index (χ0) is 11.4. The minimum atomic E-state index is -0.377. The van der Waals surface area contributed by atoms with Crippen molar-refractivity contribution in [2.45, 2.75) is 6.23 Å². The van der Waals surface area contributed by atoms with Gasteiger partial charge < -0.3 is 29.8 Å². The first kappa shape index (κ1) is 14.8. The van der Waals surface area contributed by atoms with E-state index in [1.807, 2.05) is 0 Å². The number of methoxy groups -OCH3 is 1. The molecule has 0 aliphatic carbocycles. The van der Waals surface area contributed by atoms with Gasteiger partial charge in [0.2, 0.25) is 0 Å². The fourth-order valence-corrected chi connectivity index (χ4v) is 0.772. The third kappa shape index (κ3) is 11.7. The molecule has 0 saturated carbocycles. The fraction of sp³-hybridized carbons (Fsp3) is 1.00. The van der Waals surface area contributed by atoms with Crippen LogP contribution >= 0.6 is 0 Å². The second-order valence-electron chi connectivity index (χ2n) is 2.80. The molecule has 0 amide bonds. The summed E-state index contributed by atoms with van der Waals surface area (Å²) in [6, 6.07) is 0. The van der Waals surface area contributed by atoms with Crippen molar-refractivity contribution in [2.24, 2.45) is 5.73 Å². The van der Waals surface area contributed by atoms with Crippen molar-refractivity contribution < 1.29 is 24.1 Å². The van der Waals surface area contributed by atoms with Crippen LogP contribution in [-0.2, 0) is 18.9 Å². The number of rotatable bonds is 11. The minimum absolute atomic E-state index is 0.0397. The van der Waals surface area contributed by atoms with E-state index in [9.17, 15) is 0 Å². The van der Waals surface area contributed by atoms with Gasteiger partial charge >= 0.3 is 0 Å². The molecule has 0 bridgehead atoms. The Bertz CT molecular complexity index is 125. The van der Waals surface area contributed by atoms with Gasteiger partial charge in [0.05, 0.1) is 46.2 Å². The molecular formula is C9H21NO5. The number of hydrogen-bond acceptors (Lipinski definition) is 6. The molecule has 0 radical (unpaired) electrons. The Labute approximate surface area is 90.2 Å². The molecule has 0 heterocycles. The van der Waals surface area contributed by atoms with Crippen molar-refractivity contribution in [1.29, 1.82) is 0 Å². The highest BCUT2D eigenvalue weighted by Gasteiger charge is 1.98. The van der Waals surface area contributed by atoms with Gasteiger partial charge in [0.25, 0.3) is 0 Å². The van der Waals surface area contributed by atoms with E-state index < -0.39 is 0 Å². The van der Waals surface area contributed by atoms with E-state index in [1.54, 1.807) is 0 Å². The number of nitrogens with two attached hydrogens (primary N) is 1. The quantitative estimate of drug-likeness (QED) is 0.344. The van der Waals surface area contributed by atoms with Gasteiger partial charge in [-0.2, -0.15) is 0 Å². The molecule has 1 unspecified atom stereocenters. The van der Waals surface area contributed by atoms with Gasteiger partial charge in [-0.25, -0.2) is 0 Å². The van der Waals surface area contributed by atoms with Crippen LogP contribution in [0.1, 0.15) is 0 Å². The Kier molecular flexibility index (Phi) is 11.6. The zero-order valence-electron chi connectivity index (χ0n) is 9.18. The first-order valence-electron chi connectivity index (χ1n) is 4.93. The molecule has 0 aliphatic rings.